The first-order valence-corrected chi connectivity index (χ1v) is 6.01. The van der Waals surface area contributed by atoms with Gasteiger partial charge in [0.25, 0.3) is 6.02 Å². The third-order valence-electron chi connectivity index (χ3n) is 3.19. The molecule has 0 aromatic heterocycles. The van der Waals surface area contributed by atoms with Crippen molar-refractivity contribution in [2.75, 3.05) is 6.61 Å². The molecule has 0 fully saturated rings. The summed E-state index contributed by atoms with van der Waals surface area (Å²) in [5.41, 5.74) is 5.96. The van der Waals surface area contributed by atoms with Gasteiger partial charge in [0, 0.05) is 6.07 Å². The maximum Gasteiger partial charge on any atom is 0.282 e. The van der Waals surface area contributed by atoms with Gasteiger partial charge in [0.05, 0.1) is 6.04 Å². The predicted molar refractivity (Wildman–Crippen MR) is 65.4 cm³/mol. The van der Waals surface area contributed by atoms with E-state index >= 15 is 0 Å². The van der Waals surface area contributed by atoms with Crippen LogP contribution in [0.1, 0.15) is 31.2 Å². The second kappa shape index (κ2) is 5.33. The normalized spacial score (nSPS) is 20.4. The minimum Gasteiger partial charge on any atom is -0.463 e. The van der Waals surface area contributed by atoms with E-state index in [0.29, 0.717) is 18.6 Å². The summed E-state index contributed by atoms with van der Waals surface area (Å²) in [7, 11) is 0. The monoisotopic (exact) mass is 254 g/mol. The maximum atomic E-state index is 13.7. The molecule has 1 aromatic rings. The Morgan fingerprint density at radius 3 is 2.83 bits per heavy atom. The van der Waals surface area contributed by atoms with Crippen LogP contribution >= 0.6 is 0 Å². The molecule has 3 nitrogen and oxygen atoms in total. The number of amidine groups is 1. The van der Waals surface area contributed by atoms with E-state index < -0.39 is 11.6 Å². The van der Waals surface area contributed by atoms with E-state index in [2.05, 4.69) is 4.99 Å². The number of hydrogen-bond donors (Lipinski definition) is 1. The van der Waals surface area contributed by atoms with Crippen molar-refractivity contribution in [1.29, 1.82) is 0 Å². The van der Waals surface area contributed by atoms with Gasteiger partial charge in [0.15, 0.2) is 0 Å². The molecule has 0 saturated heterocycles. The quantitative estimate of drug-likeness (QED) is 0.897. The zero-order chi connectivity index (χ0) is 13.1. The Hall–Kier alpha value is -1.65. The van der Waals surface area contributed by atoms with Gasteiger partial charge in [-0.25, -0.2) is 13.8 Å². The van der Waals surface area contributed by atoms with Crippen LogP contribution in [0.4, 0.5) is 8.78 Å². The van der Waals surface area contributed by atoms with Crippen molar-refractivity contribution in [3.05, 3.63) is 35.4 Å². The highest BCUT2D eigenvalue weighted by atomic mass is 19.1. The first-order chi connectivity index (χ1) is 8.60. The zero-order valence-corrected chi connectivity index (χ0v) is 10.2. The Morgan fingerprint density at radius 1 is 1.50 bits per heavy atom. The fourth-order valence-electron chi connectivity index (χ4n) is 2.23. The summed E-state index contributed by atoms with van der Waals surface area (Å²) in [5.74, 6) is -1.07. The number of hydrogen-bond acceptors (Lipinski definition) is 3. The molecule has 0 bridgehead atoms. The molecule has 1 aliphatic rings. The average Bonchev–Trinajstić information content (AvgIpc) is 2.72. The third kappa shape index (κ3) is 2.78. The lowest BCUT2D eigenvalue weighted by atomic mass is 9.90. The van der Waals surface area contributed by atoms with Crippen LogP contribution in [0.15, 0.2) is 23.2 Å². The molecular formula is C13H16F2N2O. The molecular weight excluding hydrogens is 238 g/mol. The molecule has 0 aliphatic carbocycles. The standard InChI is InChI=1S/C13H16F2N2O/c1-2-8(5-10-7-18-13(16)17-10)11-4-3-9(14)6-12(11)15/h3-4,6,8,10H,2,5,7H2,1H3,(H2,16,17). The number of ether oxygens (including phenoxy) is 1. The highest BCUT2D eigenvalue weighted by Crippen LogP contribution is 2.29. The lowest BCUT2D eigenvalue weighted by Gasteiger charge is -2.18. The lowest BCUT2D eigenvalue weighted by Crippen LogP contribution is -2.13. The highest BCUT2D eigenvalue weighted by molar-refractivity contribution is 5.73. The second-order valence-electron chi connectivity index (χ2n) is 4.44. The summed E-state index contributed by atoms with van der Waals surface area (Å²) in [4.78, 5) is 4.12. The molecule has 2 unspecified atom stereocenters. The Morgan fingerprint density at radius 2 is 2.28 bits per heavy atom. The van der Waals surface area contributed by atoms with Crippen LogP contribution in [0.2, 0.25) is 0 Å². The first-order valence-electron chi connectivity index (χ1n) is 6.01. The van der Waals surface area contributed by atoms with Crippen LogP contribution in [0.3, 0.4) is 0 Å². The molecule has 0 radical (unpaired) electrons. The third-order valence-corrected chi connectivity index (χ3v) is 3.19. The molecule has 0 spiro atoms. The topological polar surface area (TPSA) is 47.6 Å². The molecule has 1 aromatic carbocycles. The smallest absolute Gasteiger partial charge is 0.282 e. The van der Waals surface area contributed by atoms with Crippen LogP contribution in [-0.4, -0.2) is 18.7 Å². The number of aliphatic imine (C=N–C) groups is 1. The van der Waals surface area contributed by atoms with Crippen molar-refractivity contribution in [2.45, 2.75) is 31.7 Å². The van der Waals surface area contributed by atoms with Crippen molar-refractivity contribution in [3.8, 4) is 0 Å². The van der Waals surface area contributed by atoms with E-state index in [1.165, 1.54) is 12.1 Å². The van der Waals surface area contributed by atoms with E-state index in [4.69, 9.17) is 10.5 Å². The van der Waals surface area contributed by atoms with Gasteiger partial charge in [0.1, 0.15) is 18.2 Å². The molecule has 2 atom stereocenters. The van der Waals surface area contributed by atoms with Gasteiger partial charge in [-0.3, -0.25) is 0 Å². The Bertz CT molecular complexity index is 462. The van der Waals surface area contributed by atoms with Crippen LogP contribution in [-0.2, 0) is 4.74 Å². The Labute approximate surface area is 105 Å². The van der Waals surface area contributed by atoms with Gasteiger partial charge < -0.3 is 10.5 Å². The van der Waals surface area contributed by atoms with Gasteiger partial charge >= 0.3 is 0 Å². The summed E-state index contributed by atoms with van der Waals surface area (Å²) >= 11 is 0. The lowest BCUT2D eigenvalue weighted by molar-refractivity contribution is 0.300. The van der Waals surface area contributed by atoms with E-state index in [0.717, 1.165) is 12.5 Å². The second-order valence-corrected chi connectivity index (χ2v) is 4.44. The largest absolute Gasteiger partial charge is 0.463 e. The number of nitrogens with zero attached hydrogens (tertiary/aromatic N) is 1. The molecule has 98 valence electrons. The van der Waals surface area contributed by atoms with E-state index in [1.54, 1.807) is 0 Å². The van der Waals surface area contributed by atoms with E-state index in [-0.39, 0.29) is 18.0 Å². The molecule has 1 heterocycles. The first kappa shape index (κ1) is 12.8. The SMILES string of the molecule is CCC(CC1COC(N)=N1)c1ccc(F)cc1F. The van der Waals surface area contributed by atoms with Crippen LogP contribution in [0, 0.1) is 11.6 Å². The minimum atomic E-state index is -0.558. The van der Waals surface area contributed by atoms with E-state index in [1.807, 2.05) is 6.92 Å². The van der Waals surface area contributed by atoms with Gasteiger partial charge in [-0.15, -0.1) is 0 Å². The number of benzene rings is 1. The summed E-state index contributed by atoms with van der Waals surface area (Å²) in [6.07, 6.45) is 1.41. The summed E-state index contributed by atoms with van der Waals surface area (Å²) in [6.45, 7) is 2.40. The Balaban J connectivity index is 2.13. The van der Waals surface area contributed by atoms with Crippen LogP contribution < -0.4 is 5.73 Å². The van der Waals surface area contributed by atoms with E-state index in [9.17, 15) is 8.78 Å². The zero-order valence-electron chi connectivity index (χ0n) is 10.2. The van der Waals surface area contributed by atoms with Gasteiger partial charge in [-0.05, 0) is 30.4 Å². The van der Waals surface area contributed by atoms with Crippen molar-refractivity contribution >= 4 is 6.02 Å². The van der Waals surface area contributed by atoms with Crippen molar-refractivity contribution in [3.63, 3.8) is 0 Å². The van der Waals surface area contributed by atoms with Crippen molar-refractivity contribution < 1.29 is 13.5 Å². The maximum absolute atomic E-state index is 13.7. The molecule has 2 N–H and O–H groups in total. The highest BCUT2D eigenvalue weighted by Gasteiger charge is 2.23. The van der Waals surface area contributed by atoms with Crippen LogP contribution in [0.25, 0.3) is 0 Å². The molecule has 0 saturated carbocycles. The number of halogens is 2. The van der Waals surface area contributed by atoms with Gasteiger partial charge in [-0.2, -0.15) is 0 Å². The van der Waals surface area contributed by atoms with Crippen molar-refractivity contribution in [1.82, 2.24) is 0 Å². The summed E-state index contributed by atoms with van der Waals surface area (Å²) < 4.78 is 31.6. The average molecular weight is 254 g/mol. The molecule has 2 rings (SSSR count). The molecule has 18 heavy (non-hydrogen) atoms. The Kier molecular flexibility index (Phi) is 3.79. The van der Waals surface area contributed by atoms with Crippen LogP contribution in [0.5, 0.6) is 0 Å². The van der Waals surface area contributed by atoms with Gasteiger partial charge in [-0.1, -0.05) is 13.0 Å². The summed E-state index contributed by atoms with van der Waals surface area (Å²) in [6, 6.07) is 3.85. The summed E-state index contributed by atoms with van der Waals surface area (Å²) in [5, 5.41) is 0. The van der Waals surface area contributed by atoms with Gasteiger partial charge in [0.2, 0.25) is 0 Å². The van der Waals surface area contributed by atoms with Crippen molar-refractivity contribution in [2.24, 2.45) is 10.7 Å². The predicted octanol–water partition coefficient (Wildman–Crippen LogP) is 2.56. The number of nitrogens with two attached hydrogens (primary N) is 1. The molecule has 0 amide bonds. The fraction of sp³-hybridized carbons (Fsp3) is 0.462. The molecule has 1 aliphatic heterocycles. The molecule has 5 heteroatoms. The number of rotatable bonds is 4. The minimum absolute atomic E-state index is 0.00569. The fourth-order valence-corrected chi connectivity index (χ4v) is 2.23.